The molecule has 2 aromatic carbocycles. The molecular formula is C16H14N2O2. The van der Waals surface area contributed by atoms with Gasteiger partial charge in [-0.05, 0) is 24.3 Å². The SMILES string of the molecule is O=C1CC(C(=O)Nc2ccccc2)Nc2ccccc21. The van der Waals surface area contributed by atoms with Crippen molar-refractivity contribution < 1.29 is 9.59 Å². The lowest BCUT2D eigenvalue weighted by Gasteiger charge is -2.25. The van der Waals surface area contributed by atoms with Crippen LogP contribution in [-0.4, -0.2) is 17.7 Å². The molecular weight excluding hydrogens is 252 g/mol. The van der Waals surface area contributed by atoms with Gasteiger partial charge in [0.05, 0.1) is 0 Å². The largest absolute Gasteiger partial charge is 0.373 e. The fourth-order valence-electron chi connectivity index (χ4n) is 2.30. The third-order valence-corrected chi connectivity index (χ3v) is 3.30. The first-order chi connectivity index (χ1) is 9.74. The Morgan fingerprint density at radius 1 is 1.05 bits per heavy atom. The van der Waals surface area contributed by atoms with Gasteiger partial charge >= 0.3 is 0 Å². The summed E-state index contributed by atoms with van der Waals surface area (Å²) >= 11 is 0. The summed E-state index contributed by atoms with van der Waals surface area (Å²) in [6, 6.07) is 15.9. The average Bonchev–Trinajstić information content (AvgIpc) is 2.48. The first kappa shape index (κ1) is 12.4. The number of nitrogens with one attached hydrogen (secondary N) is 2. The van der Waals surface area contributed by atoms with Gasteiger partial charge in [-0.2, -0.15) is 0 Å². The number of Topliss-reactive ketones (excluding diaryl/α,β-unsaturated/α-hetero) is 1. The molecule has 0 aliphatic carbocycles. The Morgan fingerprint density at radius 3 is 2.55 bits per heavy atom. The number of fused-ring (bicyclic) bond motifs is 1. The minimum atomic E-state index is -0.530. The maximum Gasteiger partial charge on any atom is 0.247 e. The number of hydrogen-bond donors (Lipinski definition) is 2. The van der Waals surface area contributed by atoms with E-state index in [1.165, 1.54) is 0 Å². The highest BCUT2D eigenvalue weighted by atomic mass is 16.2. The summed E-state index contributed by atoms with van der Waals surface area (Å²) < 4.78 is 0. The van der Waals surface area contributed by atoms with Gasteiger partial charge in [0.1, 0.15) is 6.04 Å². The van der Waals surface area contributed by atoms with Crippen molar-refractivity contribution >= 4 is 23.1 Å². The Hall–Kier alpha value is -2.62. The van der Waals surface area contributed by atoms with E-state index in [2.05, 4.69) is 10.6 Å². The molecule has 0 fully saturated rings. The number of para-hydroxylation sites is 2. The second-order valence-electron chi connectivity index (χ2n) is 4.73. The molecule has 2 aromatic rings. The Balaban J connectivity index is 1.76. The van der Waals surface area contributed by atoms with Crippen LogP contribution < -0.4 is 10.6 Å². The number of carbonyl (C=O) groups is 2. The molecule has 0 radical (unpaired) electrons. The van der Waals surface area contributed by atoms with E-state index in [0.29, 0.717) is 5.56 Å². The van der Waals surface area contributed by atoms with Crippen LogP contribution in [0, 0.1) is 0 Å². The Kier molecular flexibility index (Phi) is 3.21. The second kappa shape index (κ2) is 5.17. The number of benzene rings is 2. The topological polar surface area (TPSA) is 58.2 Å². The first-order valence-electron chi connectivity index (χ1n) is 6.49. The van der Waals surface area contributed by atoms with Gasteiger partial charge in [0.25, 0.3) is 0 Å². The zero-order valence-electron chi connectivity index (χ0n) is 10.8. The predicted octanol–water partition coefficient (Wildman–Crippen LogP) is 2.69. The fourth-order valence-corrected chi connectivity index (χ4v) is 2.30. The van der Waals surface area contributed by atoms with Gasteiger partial charge in [-0.15, -0.1) is 0 Å². The summed E-state index contributed by atoms with van der Waals surface area (Å²) in [5.41, 5.74) is 2.10. The van der Waals surface area contributed by atoms with Gasteiger partial charge in [-0.25, -0.2) is 0 Å². The number of rotatable bonds is 2. The molecule has 1 amide bonds. The summed E-state index contributed by atoms with van der Waals surface area (Å²) in [4.78, 5) is 24.2. The maximum absolute atomic E-state index is 12.2. The molecule has 100 valence electrons. The lowest BCUT2D eigenvalue weighted by atomic mass is 9.96. The minimum Gasteiger partial charge on any atom is -0.373 e. The highest BCUT2D eigenvalue weighted by Crippen LogP contribution is 2.24. The van der Waals surface area contributed by atoms with Crippen LogP contribution in [0.3, 0.4) is 0 Å². The molecule has 1 heterocycles. The zero-order valence-corrected chi connectivity index (χ0v) is 10.8. The van der Waals surface area contributed by atoms with E-state index in [4.69, 9.17) is 0 Å². The quantitative estimate of drug-likeness (QED) is 0.878. The molecule has 0 bridgehead atoms. The van der Waals surface area contributed by atoms with Crippen molar-refractivity contribution in [1.29, 1.82) is 0 Å². The number of ketones is 1. The van der Waals surface area contributed by atoms with Crippen molar-refractivity contribution in [3.8, 4) is 0 Å². The third-order valence-electron chi connectivity index (χ3n) is 3.30. The number of amides is 1. The molecule has 2 N–H and O–H groups in total. The summed E-state index contributed by atoms with van der Waals surface area (Å²) in [5.74, 6) is -0.202. The van der Waals surface area contributed by atoms with Gasteiger partial charge in [-0.1, -0.05) is 30.3 Å². The van der Waals surface area contributed by atoms with Crippen LogP contribution in [0.5, 0.6) is 0 Å². The van der Waals surface area contributed by atoms with Gasteiger partial charge in [0, 0.05) is 23.4 Å². The predicted molar refractivity (Wildman–Crippen MR) is 77.9 cm³/mol. The van der Waals surface area contributed by atoms with Crippen molar-refractivity contribution in [2.75, 3.05) is 10.6 Å². The average molecular weight is 266 g/mol. The Bertz CT molecular complexity index is 653. The van der Waals surface area contributed by atoms with Gasteiger partial charge in [0.15, 0.2) is 5.78 Å². The van der Waals surface area contributed by atoms with E-state index in [0.717, 1.165) is 11.4 Å². The molecule has 4 nitrogen and oxygen atoms in total. The van der Waals surface area contributed by atoms with Crippen LogP contribution in [0.2, 0.25) is 0 Å². The van der Waals surface area contributed by atoms with Crippen LogP contribution >= 0.6 is 0 Å². The van der Waals surface area contributed by atoms with Crippen LogP contribution in [0.15, 0.2) is 54.6 Å². The maximum atomic E-state index is 12.2. The summed E-state index contributed by atoms with van der Waals surface area (Å²) in [6.07, 6.45) is 0.176. The summed E-state index contributed by atoms with van der Waals surface area (Å²) in [5, 5.41) is 5.92. The molecule has 4 heteroatoms. The molecule has 1 unspecified atom stereocenters. The smallest absolute Gasteiger partial charge is 0.247 e. The van der Waals surface area contributed by atoms with Crippen LogP contribution in [0.1, 0.15) is 16.8 Å². The normalized spacial score (nSPS) is 17.0. The van der Waals surface area contributed by atoms with E-state index >= 15 is 0 Å². The van der Waals surface area contributed by atoms with E-state index in [1.807, 2.05) is 48.5 Å². The fraction of sp³-hybridized carbons (Fsp3) is 0.125. The van der Waals surface area contributed by atoms with E-state index in [9.17, 15) is 9.59 Å². The summed E-state index contributed by atoms with van der Waals surface area (Å²) in [6.45, 7) is 0. The zero-order chi connectivity index (χ0) is 13.9. The van der Waals surface area contributed by atoms with Crippen molar-refractivity contribution in [2.24, 2.45) is 0 Å². The Labute approximate surface area is 116 Å². The molecule has 0 saturated carbocycles. The Morgan fingerprint density at radius 2 is 1.75 bits per heavy atom. The number of anilines is 2. The number of hydrogen-bond acceptors (Lipinski definition) is 3. The van der Waals surface area contributed by atoms with Crippen LogP contribution in [0.4, 0.5) is 11.4 Å². The standard InChI is InChI=1S/C16H14N2O2/c19-15-10-14(18-13-9-5-4-8-12(13)15)16(20)17-11-6-2-1-3-7-11/h1-9,14,18H,10H2,(H,17,20). The van der Waals surface area contributed by atoms with Crippen molar-refractivity contribution in [2.45, 2.75) is 12.5 Å². The lowest BCUT2D eigenvalue weighted by Crippen LogP contribution is -2.39. The third kappa shape index (κ3) is 2.40. The highest BCUT2D eigenvalue weighted by molar-refractivity contribution is 6.09. The van der Waals surface area contributed by atoms with Gasteiger partial charge < -0.3 is 10.6 Å². The lowest BCUT2D eigenvalue weighted by molar-refractivity contribution is -0.116. The van der Waals surface area contributed by atoms with Crippen molar-refractivity contribution in [3.05, 3.63) is 60.2 Å². The van der Waals surface area contributed by atoms with E-state index in [-0.39, 0.29) is 18.1 Å². The van der Waals surface area contributed by atoms with Gasteiger partial charge in [-0.3, -0.25) is 9.59 Å². The molecule has 0 saturated heterocycles. The van der Waals surface area contributed by atoms with Crippen molar-refractivity contribution in [3.63, 3.8) is 0 Å². The molecule has 1 aliphatic heterocycles. The molecule has 1 atom stereocenters. The minimum absolute atomic E-state index is 0.00689. The molecule has 0 aromatic heterocycles. The van der Waals surface area contributed by atoms with Crippen LogP contribution in [0.25, 0.3) is 0 Å². The molecule has 1 aliphatic rings. The van der Waals surface area contributed by atoms with Crippen LogP contribution in [-0.2, 0) is 4.79 Å². The van der Waals surface area contributed by atoms with Gasteiger partial charge in [0.2, 0.25) is 5.91 Å². The first-order valence-corrected chi connectivity index (χ1v) is 6.49. The summed E-state index contributed by atoms with van der Waals surface area (Å²) in [7, 11) is 0. The van der Waals surface area contributed by atoms with E-state index < -0.39 is 6.04 Å². The second-order valence-corrected chi connectivity index (χ2v) is 4.73. The molecule has 20 heavy (non-hydrogen) atoms. The molecule has 0 spiro atoms. The molecule has 3 rings (SSSR count). The van der Waals surface area contributed by atoms with E-state index in [1.54, 1.807) is 6.07 Å². The monoisotopic (exact) mass is 266 g/mol. The highest BCUT2D eigenvalue weighted by Gasteiger charge is 2.28. The van der Waals surface area contributed by atoms with Crippen molar-refractivity contribution in [1.82, 2.24) is 0 Å². The number of carbonyl (C=O) groups excluding carboxylic acids is 2.